The summed E-state index contributed by atoms with van der Waals surface area (Å²) in [7, 11) is 5.65. The minimum absolute atomic E-state index is 0.00861. The molecule has 4 aliphatic rings. The molecule has 0 aromatic heterocycles. The predicted octanol–water partition coefficient (Wildman–Crippen LogP) is 9.69. The van der Waals surface area contributed by atoms with E-state index in [1.54, 1.807) is 70.3 Å². The van der Waals surface area contributed by atoms with Crippen LogP contribution in [0.2, 0.25) is 0 Å². The highest BCUT2D eigenvalue weighted by atomic mass is 19.1. The maximum atomic E-state index is 15.2. The number of hydrogen-bond acceptors (Lipinski definition) is 19. The highest BCUT2D eigenvalue weighted by molar-refractivity contribution is 5.94. The zero-order valence-corrected chi connectivity index (χ0v) is 60.1. The molecule has 2 fully saturated rings. The normalized spacial score (nSPS) is 17.0. The molecule has 2 aliphatic heterocycles. The molecule has 25 heteroatoms. The first-order chi connectivity index (χ1) is 47.6. The summed E-state index contributed by atoms with van der Waals surface area (Å²) in [6, 6.07) is 29.6. The molecule has 548 valence electrons. The second-order valence-electron chi connectivity index (χ2n) is 28.0. The minimum atomic E-state index is -1.96. The van der Waals surface area contributed by atoms with Gasteiger partial charge in [0.2, 0.25) is 6.10 Å². The number of likely N-dealkylation sites (N-methyl/N-ethyl adjacent to an activating group) is 4. The van der Waals surface area contributed by atoms with Gasteiger partial charge in [-0.3, -0.25) is 24.1 Å². The molecule has 0 spiro atoms. The third-order valence-corrected chi connectivity index (χ3v) is 17.6. The molecule has 4 amide bonds. The lowest BCUT2D eigenvalue weighted by molar-refractivity contribution is -0.175. The number of benzene rings is 4. The summed E-state index contributed by atoms with van der Waals surface area (Å²) in [6.07, 6.45) is 0.154. The number of nitrogens with zero attached hydrogens (tertiary/aromatic N) is 3. The molecule has 2 N–H and O–H groups in total. The molecular formula is C76H97F2N5O18. The quantitative estimate of drug-likeness (QED) is 0.0279. The Bertz CT molecular complexity index is 3580. The molecule has 2 heterocycles. The number of carbonyl (C=O) groups excluding carboxylic acids is 9. The van der Waals surface area contributed by atoms with Crippen molar-refractivity contribution in [1.82, 2.24) is 25.5 Å². The monoisotopic (exact) mass is 1410 g/mol. The van der Waals surface area contributed by atoms with Gasteiger partial charge in [0.15, 0.2) is 24.1 Å². The van der Waals surface area contributed by atoms with Crippen molar-refractivity contribution >= 4 is 64.8 Å². The first kappa shape index (κ1) is 79.3. The van der Waals surface area contributed by atoms with E-state index in [1.165, 1.54) is 62.7 Å². The fraction of sp³-hybridized carbons (Fsp3) is 0.513. The van der Waals surface area contributed by atoms with Crippen LogP contribution in [-0.2, 0) is 95.7 Å². The Hall–Kier alpha value is -9.07. The van der Waals surface area contributed by atoms with E-state index < -0.39 is 131 Å². The second kappa shape index (κ2) is 35.0. The van der Waals surface area contributed by atoms with Crippen LogP contribution in [0, 0.1) is 0 Å². The molecule has 0 bridgehead atoms. The highest BCUT2D eigenvalue weighted by Gasteiger charge is 2.58. The van der Waals surface area contributed by atoms with Crippen LogP contribution >= 0.6 is 0 Å². The SMILES string of the molecule is CNC1(C(=O)O[C@H](C)C(=O)N(C)[C@@H](CC(C)(C)F)C(=O)O[C@H](Cc2ccc(C3=CCOCC3)cc2)C(=O)OCc2ccccc2)CC1.C[C@@H](OC(=O)C1(N(C)C(=O)OC(C)(C)C)CC1)C(=O)N(C)[C@@H](CC(C)(C)F)C(=O)O[C@H](Cc1ccc(C2=CCOCC2)cc1)C(=O)NOc1ccccc1. The molecule has 8 rings (SSSR count). The Labute approximate surface area is 589 Å². The number of alkyl halides is 2. The third kappa shape index (κ3) is 23.5. The number of hydrogen-bond donors (Lipinski definition) is 2. The Kier molecular flexibility index (Phi) is 27.5. The van der Waals surface area contributed by atoms with Gasteiger partial charge in [0.05, 0.1) is 26.4 Å². The van der Waals surface area contributed by atoms with Crippen LogP contribution < -0.4 is 15.6 Å². The third-order valence-electron chi connectivity index (χ3n) is 17.6. The van der Waals surface area contributed by atoms with Crippen molar-refractivity contribution in [3.05, 3.63) is 149 Å². The van der Waals surface area contributed by atoms with Crippen LogP contribution in [-0.4, -0.2) is 187 Å². The van der Waals surface area contributed by atoms with Gasteiger partial charge < -0.3 is 57.8 Å². The summed E-state index contributed by atoms with van der Waals surface area (Å²) in [5.41, 5.74) is 1.99. The Balaban J connectivity index is 0.000000286. The molecule has 4 aromatic carbocycles. The molecule has 6 atom stereocenters. The number of halogens is 2. The van der Waals surface area contributed by atoms with Gasteiger partial charge in [0.1, 0.15) is 46.7 Å². The number of nitrogens with one attached hydrogen (secondary N) is 2. The molecule has 0 saturated heterocycles. The minimum Gasteiger partial charge on any atom is -0.458 e. The van der Waals surface area contributed by atoms with Crippen molar-refractivity contribution in [2.75, 3.05) is 54.6 Å². The summed E-state index contributed by atoms with van der Waals surface area (Å²) in [5, 5.41) is 2.92. The molecular weight excluding hydrogens is 1310 g/mol. The van der Waals surface area contributed by atoms with E-state index in [1.807, 2.05) is 78.9 Å². The van der Waals surface area contributed by atoms with Crippen molar-refractivity contribution in [3.63, 3.8) is 0 Å². The van der Waals surface area contributed by atoms with Crippen molar-refractivity contribution in [2.45, 2.75) is 198 Å². The number of amides is 4. The molecule has 2 aliphatic carbocycles. The smallest absolute Gasteiger partial charge is 0.410 e. The maximum Gasteiger partial charge on any atom is 0.410 e. The second-order valence-corrected chi connectivity index (χ2v) is 28.0. The van der Waals surface area contributed by atoms with E-state index in [2.05, 4.69) is 10.8 Å². The van der Waals surface area contributed by atoms with Gasteiger partial charge in [-0.2, -0.15) is 5.48 Å². The highest BCUT2D eigenvalue weighted by Crippen LogP contribution is 2.43. The molecule has 23 nitrogen and oxygen atoms in total. The zero-order chi connectivity index (χ0) is 74.0. The number of carbonyl (C=O) groups is 9. The average Bonchev–Trinajstić information content (AvgIpc) is 1.60. The summed E-state index contributed by atoms with van der Waals surface area (Å²) in [4.78, 5) is 129. The zero-order valence-electron chi connectivity index (χ0n) is 60.1. The topological polar surface area (TPSA) is 270 Å². The first-order valence-corrected chi connectivity index (χ1v) is 34.0. The summed E-state index contributed by atoms with van der Waals surface area (Å²) in [5.74, 6) is -6.19. The van der Waals surface area contributed by atoms with E-state index in [-0.39, 0.29) is 19.4 Å². The number of rotatable bonds is 30. The van der Waals surface area contributed by atoms with Crippen LogP contribution in [0.3, 0.4) is 0 Å². The van der Waals surface area contributed by atoms with Crippen molar-refractivity contribution < 1.29 is 94.7 Å². The van der Waals surface area contributed by atoms with Gasteiger partial charge in [-0.1, -0.05) is 109 Å². The van der Waals surface area contributed by atoms with Gasteiger partial charge >= 0.3 is 35.9 Å². The van der Waals surface area contributed by atoms with E-state index in [0.717, 1.165) is 55.4 Å². The van der Waals surface area contributed by atoms with E-state index >= 15 is 8.78 Å². The fourth-order valence-corrected chi connectivity index (χ4v) is 11.2. The number of hydroxylamine groups is 1. The molecule has 4 aromatic rings. The van der Waals surface area contributed by atoms with Crippen LogP contribution in [0.4, 0.5) is 13.6 Å². The van der Waals surface area contributed by atoms with Gasteiger partial charge in [0.25, 0.3) is 17.7 Å². The number of esters is 5. The summed E-state index contributed by atoms with van der Waals surface area (Å²) < 4.78 is 74.5. The van der Waals surface area contributed by atoms with Crippen molar-refractivity contribution in [1.29, 1.82) is 0 Å². The molecule has 101 heavy (non-hydrogen) atoms. The number of ether oxygens (including phenoxy) is 8. The van der Waals surface area contributed by atoms with E-state index in [0.29, 0.717) is 69.0 Å². The van der Waals surface area contributed by atoms with E-state index in [9.17, 15) is 43.2 Å². The molecule has 0 unspecified atom stereocenters. The standard InChI is InChI=1S/C40H52FN3O10.C36H45FN2O8/c1-26(51-36(48)40(20-21-40)44(8)37(49)53-38(2,3)4)34(46)43(7)31(25-39(5,6)41)35(47)52-32(33(45)42-54-30-12-10-9-11-13-30)24-27-14-16-28(17-15-27)29-18-22-50-23-19-29;1-24(46-34(43)36(38-4)17-18-36)31(40)39(5)29(22-35(2,3)37)32(41)47-30(33(42)45-23-26-9-7-6-8-10-26)21-25-11-13-27(14-12-25)28-15-19-44-20-16-28/h9-18,26,31-32H,19-25H2,1-8H3,(H,42,45);6-15,24,29-30,38H,16-23H2,1-5H3/t26-,31+,32-;24-,29+,30-/m11/s1. The van der Waals surface area contributed by atoms with Crippen LogP contribution in [0.25, 0.3) is 11.1 Å². The number of para-hydroxylation sites is 1. The predicted molar refractivity (Wildman–Crippen MR) is 369 cm³/mol. The Morgan fingerprint density at radius 1 is 0.554 bits per heavy atom. The van der Waals surface area contributed by atoms with Gasteiger partial charge in [-0.15, -0.1) is 0 Å². The van der Waals surface area contributed by atoms with Crippen molar-refractivity contribution in [2.24, 2.45) is 0 Å². The summed E-state index contributed by atoms with van der Waals surface area (Å²) in [6.45, 7) is 15.1. The summed E-state index contributed by atoms with van der Waals surface area (Å²) >= 11 is 0. The molecule has 2 saturated carbocycles. The van der Waals surface area contributed by atoms with Crippen LogP contribution in [0.15, 0.2) is 121 Å². The first-order valence-electron chi connectivity index (χ1n) is 34.0. The lowest BCUT2D eigenvalue weighted by Crippen LogP contribution is -2.53. The van der Waals surface area contributed by atoms with Crippen molar-refractivity contribution in [3.8, 4) is 5.75 Å². The average molecular weight is 1410 g/mol. The van der Waals surface area contributed by atoms with Gasteiger partial charge in [-0.05, 0) is 159 Å². The fourth-order valence-electron chi connectivity index (χ4n) is 11.2. The molecule has 0 radical (unpaired) electrons. The van der Waals surface area contributed by atoms with Crippen LogP contribution in [0.5, 0.6) is 5.75 Å². The maximum absolute atomic E-state index is 15.2. The van der Waals surface area contributed by atoms with Gasteiger partial charge in [-0.25, -0.2) is 32.8 Å². The van der Waals surface area contributed by atoms with Gasteiger partial charge in [0, 0.05) is 46.8 Å². The Morgan fingerprint density at radius 2 is 1.00 bits per heavy atom. The van der Waals surface area contributed by atoms with E-state index in [4.69, 9.17) is 42.7 Å². The lowest BCUT2D eigenvalue weighted by atomic mass is 9.98. The lowest BCUT2D eigenvalue weighted by Gasteiger charge is -2.33. The Morgan fingerprint density at radius 3 is 1.42 bits per heavy atom. The largest absolute Gasteiger partial charge is 0.458 e. The van der Waals surface area contributed by atoms with Crippen LogP contribution in [0.1, 0.15) is 141 Å².